The van der Waals surface area contributed by atoms with E-state index in [1.54, 1.807) is 25.3 Å². The summed E-state index contributed by atoms with van der Waals surface area (Å²) in [5, 5.41) is 6.58. The van der Waals surface area contributed by atoms with Crippen molar-refractivity contribution < 1.29 is 9.53 Å². The third-order valence-electron chi connectivity index (χ3n) is 2.87. The van der Waals surface area contributed by atoms with Crippen LogP contribution in [0.4, 0.5) is 11.6 Å². The molecule has 0 bridgehead atoms. The Hall–Kier alpha value is -1.89. The van der Waals surface area contributed by atoms with Crippen molar-refractivity contribution in [3.05, 3.63) is 46.2 Å². The predicted molar refractivity (Wildman–Crippen MR) is 91.4 cm³/mol. The zero-order chi connectivity index (χ0) is 16.7. The molecular formula is C15H16Cl2N4O2. The van der Waals surface area contributed by atoms with Crippen LogP contribution in [0.2, 0.25) is 10.0 Å². The lowest BCUT2D eigenvalue weighted by molar-refractivity contribution is 0.102. The maximum Gasteiger partial charge on any atom is 0.274 e. The number of hydrogen-bond donors (Lipinski definition) is 2. The Bertz CT molecular complexity index is 682. The summed E-state index contributed by atoms with van der Waals surface area (Å²) in [5.41, 5.74) is 0.655. The van der Waals surface area contributed by atoms with E-state index < -0.39 is 5.91 Å². The second-order valence-corrected chi connectivity index (χ2v) is 5.46. The molecule has 1 aromatic carbocycles. The largest absolute Gasteiger partial charge is 0.385 e. The van der Waals surface area contributed by atoms with Gasteiger partial charge in [0.15, 0.2) is 0 Å². The first-order valence-electron chi connectivity index (χ1n) is 6.92. The van der Waals surface area contributed by atoms with Crippen LogP contribution in [0.1, 0.15) is 16.9 Å². The van der Waals surface area contributed by atoms with Gasteiger partial charge in [0.2, 0.25) is 5.95 Å². The van der Waals surface area contributed by atoms with Crippen molar-refractivity contribution in [3.63, 3.8) is 0 Å². The zero-order valence-electron chi connectivity index (χ0n) is 12.5. The molecule has 2 N–H and O–H groups in total. The molecule has 0 radical (unpaired) electrons. The zero-order valence-corrected chi connectivity index (χ0v) is 14.0. The highest BCUT2D eigenvalue weighted by Gasteiger charge is 2.11. The molecule has 0 saturated heterocycles. The van der Waals surface area contributed by atoms with Crippen LogP contribution in [-0.4, -0.2) is 36.1 Å². The summed E-state index contributed by atoms with van der Waals surface area (Å²) < 4.78 is 4.96. The first-order valence-corrected chi connectivity index (χ1v) is 7.68. The molecule has 0 atom stereocenters. The van der Waals surface area contributed by atoms with E-state index in [0.717, 1.165) is 6.42 Å². The van der Waals surface area contributed by atoms with Gasteiger partial charge in [-0.25, -0.2) is 9.97 Å². The molecule has 0 aliphatic rings. The van der Waals surface area contributed by atoms with Crippen molar-refractivity contribution >= 4 is 40.7 Å². The van der Waals surface area contributed by atoms with Gasteiger partial charge in [0.1, 0.15) is 5.69 Å². The maximum absolute atomic E-state index is 12.3. The van der Waals surface area contributed by atoms with E-state index in [1.807, 2.05) is 0 Å². The van der Waals surface area contributed by atoms with Gasteiger partial charge in [0.05, 0.1) is 10.7 Å². The minimum Gasteiger partial charge on any atom is -0.385 e. The minimum absolute atomic E-state index is 0.227. The number of methoxy groups -OCH3 is 1. The molecule has 0 fully saturated rings. The van der Waals surface area contributed by atoms with Crippen LogP contribution >= 0.6 is 23.2 Å². The van der Waals surface area contributed by atoms with Gasteiger partial charge in [-0.15, -0.1) is 0 Å². The summed E-state index contributed by atoms with van der Waals surface area (Å²) >= 11 is 11.9. The van der Waals surface area contributed by atoms with Crippen LogP contribution in [0.3, 0.4) is 0 Å². The van der Waals surface area contributed by atoms with Crippen molar-refractivity contribution in [2.45, 2.75) is 6.42 Å². The predicted octanol–water partition coefficient (Wildman–Crippen LogP) is 3.48. The second kappa shape index (κ2) is 8.67. The first-order chi connectivity index (χ1) is 11.1. The van der Waals surface area contributed by atoms with Gasteiger partial charge < -0.3 is 15.4 Å². The van der Waals surface area contributed by atoms with Crippen LogP contribution in [0, 0.1) is 0 Å². The molecule has 0 aliphatic heterocycles. The number of halogens is 2. The highest BCUT2D eigenvalue weighted by atomic mass is 35.5. The van der Waals surface area contributed by atoms with E-state index >= 15 is 0 Å². The smallest absolute Gasteiger partial charge is 0.274 e. The molecule has 0 unspecified atom stereocenters. The lowest BCUT2D eigenvalue weighted by atomic mass is 10.3. The van der Waals surface area contributed by atoms with Gasteiger partial charge in [-0.05, 0) is 30.7 Å². The normalized spacial score (nSPS) is 10.4. The number of anilines is 2. The topological polar surface area (TPSA) is 76.1 Å². The number of carbonyl (C=O) groups is 1. The summed E-state index contributed by atoms with van der Waals surface area (Å²) in [5.74, 6) is -0.0116. The average molecular weight is 355 g/mol. The summed E-state index contributed by atoms with van der Waals surface area (Å²) in [4.78, 5) is 20.5. The number of amides is 1. The van der Waals surface area contributed by atoms with Crippen molar-refractivity contribution in [1.82, 2.24) is 9.97 Å². The van der Waals surface area contributed by atoms with Crippen molar-refractivity contribution in [1.29, 1.82) is 0 Å². The highest BCUT2D eigenvalue weighted by molar-refractivity contribution is 6.35. The molecule has 0 aliphatic carbocycles. The lowest BCUT2D eigenvalue weighted by Gasteiger charge is -2.08. The van der Waals surface area contributed by atoms with E-state index in [9.17, 15) is 4.79 Å². The average Bonchev–Trinajstić information content (AvgIpc) is 2.55. The van der Waals surface area contributed by atoms with E-state index in [0.29, 0.717) is 34.8 Å². The van der Waals surface area contributed by atoms with E-state index in [2.05, 4.69) is 20.6 Å². The summed E-state index contributed by atoms with van der Waals surface area (Å²) in [6.07, 6.45) is 2.33. The van der Waals surface area contributed by atoms with E-state index in [4.69, 9.17) is 27.9 Å². The third kappa shape index (κ3) is 5.35. The SMILES string of the molecule is COCCCNc1nccc(C(=O)Nc2cc(Cl)ccc2Cl)n1. The van der Waals surface area contributed by atoms with Crippen molar-refractivity contribution in [3.8, 4) is 0 Å². The molecule has 122 valence electrons. The highest BCUT2D eigenvalue weighted by Crippen LogP contribution is 2.25. The quantitative estimate of drug-likeness (QED) is 0.744. The second-order valence-electron chi connectivity index (χ2n) is 4.62. The summed E-state index contributed by atoms with van der Waals surface area (Å²) in [6, 6.07) is 6.36. The van der Waals surface area contributed by atoms with Crippen LogP contribution < -0.4 is 10.6 Å². The molecule has 2 rings (SSSR count). The number of rotatable bonds is 7. The van der Waals surface area contributed by atoms with Crippen molar-refractivity contribution in [2.24, 2.45) is 0 Å². The number of hydrogen-bond acceptors (Lipinski definition) is 5. The Morgan fingerprint density at radius 3 is 2.91 bits per heavy atom. The van der Waals surface area contributed by atoms with E-state index in [-0.39, 0.29) is 5.69 Å². The van der Waals surface area contributed by atoms with Gasteiger partial charge in [-0.2, -0.15) is 0 Å². The Labute approximate surface area is 144 Å². The monoisotopic (exact) mass is 354 g/mol. The number of ether oxygens (including phenoxy) is 1. The molecule has 0 saturated carbocycles. The first kappa shape index (κ1) is 17.5. The molecule has 23 heavy (non-hydrogen) atoms. The number of nitrogens with zero attached hydrogens (tertiary/aromatic N) is 2. The van der Waals surface area contributed by atoms with Crippen LogP contribution in [0.5, 0.6) is 0 Å². The fraction of sp³-hybridized carbons (Fsp3) is 0.267. The number of carbonyl (C=O) groups excluding carboxylic acids is 1. The molecule has 1 heterocycles. The standard InChI is InChI=1S/C15H16Cl2N4O2/c1-23-8-2-6-18-15-19-7-5-12(21-15)14(22)20-13-9-10(16)3-4-11(13)17/h3-5,7,9H,2,6,8H2,1H3,(H,20,22)(H,18,19,21). The molecule has 1 amide bonds. The number of benzene rings is 1. The van der Waals surface area contributed by atoms with Crippen LogP contribution in [0.15, 0.2) is 30.5 Å². The molecule has 2 aromatic rings. The molecule has 1 aromatic heterocycles. The molecular weight excluding hydrogens is 339 g/mol. The molecule has 0 spiro atoms. The maximum atomic E-state index is 12.3. The van der Waals surface area contributed by atoms with Gasteiger partial charge in [0.25, 0.3) is 5.91 Å². The summed E-state index contributed by atoms with van der Waals surface area (Å²) in [7, 11) is 1.64. The van der Waals surface area contributed by atoms with Crippen LogP contribution in [0.25, 0.3) is 0 Å². The Balaban J connectivity index is 2.03. The number of aromatic nitrogens is 2. The van der Waals surface area contributed by atoms with Gasteiger partial charge >= 0.3 is 0 Å². The Morgan fingerprint density at radius 1 is 1.30 bits per heavy atom. The molecule has 8 heteroatoms. The summed E-state index contributed by atoms with van der Waals surface area (Å²) in [6.45, 7) is 1.29. The minimum atomic E-state index is -0.392. The van der Waals surface area contributed by atoms with Gasteiger partial charge in [-0.1, -0.05) is 23.2 Å². The van der Waals surface area contributed by atoms with Crippen molar-refractivity contribution in [2.75, 3.05) is 30.9 Å². The third-order valence-corrected chi connectivity index (χ3v) is 3.44. The van der Waals surface area contributed by atoms with Crippen LogP contribution in [-0.2, 0) is 4.74 Å². The Morgan fingerprint density at radius 2 is 2.13 bits per heavy atom. The van der Waals surface area contributed by atoms with Gasteiger partial charge in [-0.3, -0.25) is 4.79 Å². The van der Waals surface area contributed by atoms with Gasteiger partial charge in [0, 0.05) is 31.5 Å². The fourth-order valence-electron chi connectivity index (χ4n) is 1.77. The van der Waals surface area contributed by atoms with E-state index in [1.165, 1.54) is 12.3 Å². The Kier molecular flexibility index (Phi) is 6.58. The molecule has 6 nitrogen and oxygen atoms in total. The number of nitrogens with one attached hydrogen (secondary N) is 2. The lowest BCUT2D eigenvalue weighted by Crippen LogP contribution is -2.16. The fourth-order valence-corrected chi connectivity index (χ4v) is 2.10.